The van der Waals surface area contributed by atoms with Crippen molar-refractivity contribution in [1.29, 1.82) is 0 Å². The zero-order valence-corrected chi connectivity index (χ0v) is 17.5. The van der Waals surface area contributed by atoms with E-state index in [1.807, 2.05) is 11.0 Å². The number of hydrogen-bond donors (Lipinski definition) is 2. The van der Waals surface area contributed by atoms with E-state index < -0.39 is 11.9 Å². The SMILES string of the molecule is COc1ccc(OC)c(CN2C3=CN=CC(=O)C3c3c2ccc(CC(=O)O)c3NC=O)c1. The van der Waals surface area contributed by atoms with E-state index in [1.165, 1.54) is 6.21 Å². The second-order valence-corrected chi connectivity index (χ2v) is 7.30. The van der Waals surface area contributed by atoms with Crippen molar-refractivity contribution < 1.29 is 29.0 Å². The summed E-state index contributed by atoms with van der Waals surface area (Å²) < 4.78 is 10.8. The number of anilines is 2. The molecule has 2 aromatic carbocycles. The molecule has 0 aromatic heterocycles. The van der Waals surface area contributed by atoms with Crippen LogP contribution in [0.2, 0.25) is 0 Å². The van der Waals surface area contributed by atoms with Gasteiger partial charge in [-0.15, -0.1) is 0 Å². The lowest BCUT2D eigenvalue weighted by molar-refractivity contribution is -0.136. The Morgan fingerprint density at radius 2 is 2.03 bits per heavy atom. The number of methoxy groups -OCH3 is 2. The number of amides is 1. The Morgan fingerprint density at radius 3 is 2.72 bits per heavy atom. The average Bonchev–Trinajstić information content (AvgIpc) is 3.10. The van der Waals surface area contributed by atoms with Crippen molar-refractivity contribution >= 4 is 35.8 Å². The van der Waals surface area contributed by atoms with Crippen LogP contribution >= 0.6 is 0 Å². The molecule has 0 saturated heterocycles. The van der Waals surface area contributed by atoms with Crippen LogP contribution in [0.15, 0.2) is 47.2 Å². The first-order valence-corrected chi connectivity index (χ1v) is 9.81. The molecule has 32 heavy (non-hydrogen) atoms. The lowest BCUT2D eigenvalue weighted by atomic mass is 9.90. The molecule has 2 N–H and O–H groups in total. The molecule has 2 aromatic rings. The Bertz CT molecular complexity index is 1170. The Labute approximate surface area is 184 Å². The minimum absolute atomic E-state index is 0.245. The van der Waals surface area contributed by atoms with Crippen LogP contribution in [-0.4, -0.2) is 43.7 Å². The number of carboxylic acids is 1. The van der Waals surface area contributed by atoms with Crippen molar-refractivity contribution in [1.82, 2.24) is 0 Å². The molecule has 1 atom stereocenters. The zero-order chi connectivity index (χ0) is 22.8. The molecule has 4 rings (SSSR count). The Hall–Kier alpha value is -4.14. The number of carbonyl (C=O) groups excluding carboxylic acids is 2. The molecule has 0 radical (unpaired) electrons. The van der Waals surface area contributed by atoms with Gasteiger partial charge in [-0.1, -0.05) is 6.07 Å². The van der Waals surface area contributed by atoms with E-state index in [0.29, 0.717) is 52.7 Å². The summed E-state index contributed by atoms with van der Waals surface area (Å²) in [6.45, 7) is 0.345. The van der Waals surface area contributed by atoms with Crippen LogP contribution in [0, 0.1) is 0 Å². The van der Waals surface area contributed by atoms with E-state index in [4.69, 9.17) is 9.47 Å². The number of aliphatic carboxylic acids is 1. The molecule has 9 nitrogen and oxygen atoms in total. The number of ketones is 1. The van der Waals surface area contributed by atoms with Crippen molar-refractivity contribution in [3.63, 3.8) is 0 Å². The molecule has 2 aliphatic heterocycles. The van der Waals surface area contributed by atoms with Gasteiger partial charge in [0.05, 0.1) is 50.7 Å². The van der Waals surface area contributed by atoms with E-state index in [-0.39, 0.29) is 12.2 Å². The van der Waals surface area contributed by atoms with Crippen LogP contribution in [0.25, 0.3) is 0 Å². The number of fused-ring (bicyclic) bond motifs is 3. The first kappa shape index (κ1) is 21.1. The highest BCUT2D eigenvalue weighted by Gasteiger charge is 2.42. The summed E-state index contributed by atoms with van der Waals surface area (Å²) >= 11 is 0. The van der Waals surface area contributed by atoms with Gasteiger partial charge in [0.15, 0.2) is 5.78 Å². The van der Waals surface area contributed by atoms with Crippen molar-refractivity contribution in [2.24, 2.45) is 4.99 Å². The minimum Gasteiger partial charge on any atom is -0.497 e. The second-order valence-electron chi connectivity index (χ2n) is 7.30. The summed E-state index contributed by atoms with van der Waals surface area (Å²) in [5, 5.41) is 11.9. The second kappa shape index (κ2) is 8.54. The fourth-order valence-electron chi connectivity index (χ4n) is 4.21. The van der Waals surface area contributed by atoms with Crippen LogP contribution in [-0.2, 0) is 27.3 Å². The van der Waals surface area contributed by atoms with Gasteiger partial charge in [0, 0.05) is 23.0 Å². The van der Waals surface area contributed by atoms with Gasteiger partial charge < -0.3 is 24.8 Å². The fourth-order valence-corrected chi connectivity index (χ4v) is 4.21. The summed E-state index contributed by atoms with van der Waals surface area (Å²) in [5.41, 5.74) is 3.45. The number of carboxylic acid groups (broad SMARTS) is 1. The molecule has 0 saturated carbocycles. The number of hydrogen-bond acceptors (Lipinski definition) is 7. The number of allylic oxidation sites excluding steroid dienone is 1. The minimum atomic E-state index is -1.04. The average molecular weight is 435 g/mol. The zero-order valence-electron chi connectivity index (χ0n) is 17.5. The number of ether oxygens (including phenoxy) is 2. The molecular formula is C23H21N3O6. The third-order valence-corrected chi connectivity index (χ3v) is 5.55. The predicted molar refractivity (Wildman–Crippen MR) is 118 cm³/mol. The van der Waals surface area contributed by atoms with Gasteiger partial charge in [0.2, 0.25) is 6.41 Å². The van der Waals surface area contributed by atoms with Crippen molar-refractivity contribution in [2.45, 2.75) is 18.9 Å². The highest BCUT2D eigenvalue weighted by molar-refractivity contribution is 6.33. The van der Waals surface area contributed by atoms with Crippen molar-refractivity contribution in [2.75, 3.05) is 24.4 Å². The van der Waals surface area contributed by atoms with Gasteiger partial charge in [-0.25, -0.2) is 0 Å². The smallest absolute Gasteiger partial charge is 0.307 e. The summed E-state index contributed by atoms with van der Waals surface area (Å²) in [7, 11) is 3.15. The number of Topliss-reactive ketones (excluding diaryl/α,β-unsaturated/α-hetero) is 1. The van der Waals surface area contributed by atoms with Crippen molar-refractivity contribution in [3.8, 4) is 11.5 Å². The normalized spacial score (nSPS) is 16.2. The lowest BCUT2D eigenvalue weighted by Gasteiger charge is -2.24. The maximum absolute atomic E-state index is 12.9. The largest absolute Gasteiger partial charge is 0.497 e. The third-order valence-electron chi connectivity index (χ3n) is 5.55. The van der Waals surface area contributed by atoms with Crippen LogP contribution in [0.1, 0.15) is 22.6 Å². The molecule has 2 heterocycles. The number of nitrogens with zero attached hydrogens (tertiary/aromatic N) is 2. The molecule has 2 aliphatic rings. The first-order valence-electron chi connectivity index (χ1n) is 9.81. The van der Waals surface area contributed by atoms with E-state index in [0.717, 1.165) is 5.56 Å². The van der Waals surface area contributed by atoms with Gasteiger partial charge in [-0.3, -0.25) is 19.4 Å². The van der Waals surface area contributed by atoms with Gasteiger partial charge in [0.1, 0.15) is 11.5 Å². The van der Waals surface area contributed by atoms with E-state index in [1.54, 1.807) is 44.7 Å². The van der Waals surface area contributed by atoms with Crippen LogP contribution in [0.4, 0.5) is 11.4 Å². The highest BCUT2D eigenvalue weighted by Crippen LogP contribution is 2.50. The molecule has 9 heteroatoms. The number of nitrogens with one attached hydrogen (secondary N) is 1. The Morgan fingerprint density at radius 1 is 1.22 bits per heavy atom. The maximum Gasteiger partial charge on any atom is 0.307 e. The quantitative estimate of drug-likeness (QED) is 0.612. The number of rotatable bonds is 8. The maximum atomic E-state index is 12.9. The first-order chi connectivity index (χ1) is 15.5. The fraction of sp³-hybridized carbons (Fsp3) is 0.217. The Kier molecular flexibility index (Phi) is 5.63. The third kappa shape index (κ3) is 3.58. The van der Waals surface area contributed by atoms with Gasteiger partial charge in [0.25, 0.3) is 0 Å². The van der Waals surface area contributed by atoms with Crippen LogP contribution < -0.4 is 19.7 Å². The van der Waals surface area contributed by atoms with Gasteiger partial charge in [-0.05, 0) is 29.8 Å². The molecule has 0 fully saturated rings. The summed E-state index contributed by atoms with van der Waals surface area (Å²) in [5.74, 6) is -0.679. The number of aliphatic imine (C=N–C) groups is 1. The van der Waals surface area contributed by atoms with Crippen LogP contribution in [0.3, 0.4) is 0 Å². The molecule has 0 spiro atoms. The molecule has 1 amide bonds. The molecule has 1 unspecified atom stereocenters. The van der Waals surface area contributed by atoms with Gasteiger partial charge in [-0.2, -0.15) is 0 Å². The highest BCUT2D eigenvalue weighted by atomic mass is 16.5. The summed E-state index contributed by atoms with van der Waals surface area (Å²) in [6, 6.07) is 8.86. The van der Waals surface area contributed by atoms with E-state index >= 15 is 0 Å². The van der Waals surface area contributed by atoms with Crippen molar-refractivity contribution in [3.05, 3.63) is 58.9 Å². The monoisotopic (exact) mass is 435 g/mol. The summed E-state index contributed by atoms with van der Waals surface area (Å²) in [6.07, 6.45) is 3.04. The van der Waals surface area contributed by atoms with Crippen LogP contribution in [0.5, 0.6) is 11.5 Å². The topological polar surface area (TPSA) is 118 Å². The molecular weight excluding hydrogens is 414 g/mol. The number of carbonyl (C=O) groups is 3. The lowest BCUT2D eigenvalue weighted by Crippen LogP contribution is -2.25. The Balaban J connectivity index is 1.88. The van der Waals surface area contributed by atoms with E-state index in [9.17, 15) is 19.5 Å². The van der Waals surface area contributed by atoms with Gasteiger partial charge >= 0.3 is 5.97 Å². The summed E-state index contributed by atoms with van der Waals surface area (Å²) in [4.78, 5) is 41.6. The molecule has 164 valence electrons. The number of benzene rings is 2. The predicted octanol–water partition coefficient (Wildman–Crippen LogP) is 2.50. The van der Waals surface area contributed by atoms with E-state index in [2.05, 4.69) is 10.3 Å². The standard InChI is InChI=1S/C23H21N3O6/c1-31-15-4-6-19(32-2)14(7-15)11-26-16-5-3-13(8-20(29)30)23(25-12-27)22(16)21-17(26)9-24-10-18(21)28/h3-7,9-10,12,21H,8,11H2,1-2H3,(H,25,27)(H,29,30). The molecule has 0 aliphatic carbocycles. The molecule has 0 bridgehead atoms.